The van der Waals surface area contributed by atoms with Crippen LogP contribution in [0.4, 0.5) is 13.2 Å². The van der Waals surface area contributed by atoms with E-state index >= 15 is 0 Å². The van der Waals surface area contributed by atoms with E-state index in [4.69, 9.17) is 11.6 Å². The van der Waals surface area contributed by atoms with Crippen molar-refractivity contribution < 1.29 is 32.5 Å². The van der Waals surface area contributed by atoms with E-state index in [9.17, 15) is 23.1 Å². The smallest absolute Gasteiger partial charge is 0.376 e. The quantitative estimate of drug-likeness (QED) is 0.817. The second kappa shape index (κ2) is 6.74. The lowest BCUT2D eigenvalue weighted by atomic mass is 9.87. The van der Waals surface area contributed by atoms with Crippen LogP contribution in [0.1, 0.15) is 12.0 Å². The molecule has 0 spiro atoms. The lowest BCUT2D eigenvalue weighted by Gasteiger charge is -2.31. The van der Waals surface area contributed by atoms with Gasteiger partial charge in [0.05, 0.1) is 6.42 Å². The SMILES string of the molecule is COC(OC)C(=O)CC(O)(c1ccc(Cl)cc1)C(F)(F)F. The predicted octanol–water partition coefficient (Wildman–Crippen LogP) is 2.67. The first-order valence-corrected chi connectivity index (χ1v) is 6.17. The van der Waals surface area contributed by atoms with Gasteiger partial charge in [0.25, 0.3) is 0 Å². The highest BCUT2D eigenvalue weighted by atomic mass is 35.5. The summed E-state index contributed by atoms with van der Waals surface area (Å²) in [4.78, 5) is 11.8. The highest BCUT2D eigenvalue weighted by Gasteiger charge is 2.56. The van der Waals surface area contributed by atoms with Gasteiger partial charge in [0.2, 0.25) is 6.29 Å². The molecule has 118 valence electrons. The van der Waals surface area contributed by atoms with Crippen LogP contribution in [0.15, 0.2) is 24.3 Å². The van der Waals surface area contributed by atoms with Gasteiger partial charge in [-0.2, -0.15) is 13.2 Å². The Hall–Kier alpha value is -1.15. The van der Waals surface area contributed by atoms with Gasteiger partial charge in [-0.25, -0.2) is 0 Å². The summed E-state index contributed by atoms with van der Waals surface area (Å²) >= 11 is 5.61. The zero-order chi connectivity index (χ0) is 16.3. The van der Waals surface area contributed by atoms with E-state index in [2.05, 4.69) is 9.47 Å². The zero-order valence-electron chi connectivity index (χ0n) is 11.3. The molecule has 8 heteroatoms. The fourth-order valence-electron chi connectivity index (χ4n) is 1.79. The Labute approximate surface area is 124 Å². The van der Waals surface area contributed by atoms with Crippen LogP contribution in [0.5, 0.6) is 0 Å². The molecule has 0 radical (unpaired) electrons. The van der Waals surface area contributed by atoms with Crippen LogP contribution in [0.25, 0.3) is 0 Å². The van der Waals surface area contributed by atoms with E-state index in [0.29, 0.717) is 0 Å². The van der Waals surface area contributed by atoms with Gasteiger partial charge in [-0.15, -0.1) is 0 Å². The topological polar surface area (TPSA) is 55.8 Å². The van der Waals surface area contributed by atoms with Gasteiger partial charge in [-0.05, 0) is 17.7 Å². The Morgan fingerprint density at radius 1 is 1.24 bits per heavy atom. The van der Waals surface area contributed by atoms with E-state index in [1.807, 2.05) is 0 Å². The molecule has 21 heavy (non-hydrogen) atoms. The number of ether oxygens (including phenoxy) is 2. The maximum absolute atomic E-state index is 13.2. The molecule has 0 fully saturated rings. The van der Waals surface area contributed by atoms with Crippen molar-refractivity contribution in [1.82, 2.24) is 0 Å². The molecular formula is C13H14ClF3O4. The summed E-state index contributed by atoms with van der Waals surface area (Å²) in [6.45, 7) is 0. The number of aliphatic hydroxyl groups is 1. The molecule has 1 unspecified atom stereocenters. The molecule has 1 aromatic rings. The van der Waals surface area contributed by atoms with Crippen LogP contribution >= 0.6 is 11.6 Å². The molecule has 4 nitrogen and oxygen atoms in total. The van der Waals surface area contributed by atoms with Crippen LogP contribution in [-0.4, -0.2) is 37.6 Å². The third-order valence-corrected chi connectivity index (χ3v) is 3.16. The molecule has 1 N–H and O–H groups in total. The number of carbonyl (C=O) groups is 1. The van der Waals surface area contributed by atoms with Gasteiger partial charge in [0, 0.05) is 19.2 Å². The maximum Gasteiger partial charge on any atom is 0.421 e. The number of ketones is 1. The molecule has 0 aliphatic rings. The number of hydrogen-bond donors (Lipinski definition) is 1. The molecule has 0 heterocycles. The minimum absolute atomic E-state index is 0.210. The second-order valence-corrected chi connectivity index (χ2v) is 4.75. The fourth-order valence-corrected chi connectivity index (χ4v) is 1.91. The number of halogens is 4. The summed E-state index contributed by atoms with van der Waals surface area (Å²) in [6, 6.07) is 4.42. The van der Waals surface area contributed by atoms with Gasteiger partial charge >= 0.3 is 6.18 Å². The molecule has 0 aliphatic carbocycles. The third-order valence-electron chi connectivity index (χ3n) is 2.91. The van der Waals surface area contributed by atoms with Gasteiger partial charge in [0.15, 0.2) is 11.4 Å². The van der Waals surface area contributed by atoms with Crippen molar-refractivity contribution >= 4 is 17.4 Å². The van der Waals surface area contributed by atoms with E-state index in [1.54, 1.807) is 0 Å². The van der Waals surface area contributed by atoms with Crippen LogP contribution < -0.4 is 0 Å². The fraction of sp³-hybridized carbons (Fsp3) is 0.462. The number of hydrogen-bond acceptors (Lipinski definition) is 4. The minimum Gasteiger partial charge on any atom is -0.376 e. The standard InChI is InChI=1S/C13H14ClF3O4/c1-20-11(21-2)10(18)7-12(19,13(15,16)17)8-3-5-9(14)6-4-8/h3-6,11,19H,7H2,1-2H3. The van der Waals surface area contributed by atoms with E-state index < -0.39 is 35.8 Å². The van der Waals surface area contributed by atoms with Gasteiger partial charge < -0.3 is 14.6 Å². The summed E-state index contributed by atoms with van der Waals surface area (Å²) in [5, 5.41) is 10.2. The summed E-state index contributed by atoms with van der Waals surface area (Å²) in [7, 11) is 2.22. The number of carbonyl (C=O) groups excluding carboxylic acids is 1. The van der Waals surface area contributed by atoms with Crippen molar-refractivity contribution in [2.75, 3.05) is 14.2 Å². The average Bonchev–Trinajstić information content (AvgIpc) is 2.39. The molecular weight excluding hydrogens is 313 g/mol. The summed E-state index contributed by atoms with van der Waals surface area (Å²) in [5.74, 6) is -1.03. The lowest BCUT2D eigenvalue weighted by Crippen LogP contribution is -2.46. The number of Topliss-reactive ketones (excluding diaryl/α,β-unsaturated/α-hetero) is 1. The molecule has 0 bridgehead atoms. The molecule has 0 saturated heterocycles. The maximum atomic E-state index is 13.2. The van der Waals surface area contributed by atoms with Crippen molar-refractivity contribution in [3.63, 3.8) is 0 Å². The Kier molecular flexibility index (Phi) is 5.75. The normalized spacial score (nSPS) is 15.0. The Morgan fingerprint density at radius 2 is 1.71 bits per heavy atom. The number of methoxy groups -OCH3 is 2. The highest BCUT2D eigenvalue weighted by Crippen LogP contribution is 2.42. The largest absolute Gasteiger partial charge is 0.421 e. The minimum atomic E-state index is -5.05. The second-order valence-electron chi connectivity index (χ2n) is 4.31. The lowest BCUT2D eigenvalue weighted by molar-refractivity contribution is -0.269. The first-order valence-electron chi connectivity index (χ1n) is 5.79. The van der Waals surface area contributed by atoms with Crippen LogP contribution in [0.2, 0.25) is 5.02 Å². The van der Waals surface area contributed by atoms with Gasteiger partial charge in [-0.1, -0.05) is 23.7 Å². The number of alkyl halides is 3. The van der Waals surface area contributed by atoms with Crippen molar-refractivity contribution in [1.29, 1.82) is 0 Å². The van der Waals surface area contributed by atoms with E-state index in [0.717, 1.165) is 26.4 Å². The van der Waals surface area contributed by atoms with Crippen molar-refractivity contribution in [3.05, 3.63) is 34.9 Å². The summed E-state index contributed by atoms with van der Waals surface area (Å²) in [5.41, 5.74) is -3.83. The van der Waals surface area contributed by atoms with Crippen LogP contribution in [0.3, 0.4) is 0 Å². The molecule has 1 rings (SSSR count). The highest BCUT2D eigenvalue weighted by molar-refractivity contribution is 6.30. The Morgan fingerprint density at radius 3 is 2.10 bits per heavy atom. The molecule has 0 aliphatic heterocycles. The summed E-state index contributed by atoms with van der Waals surface area (Å²) < 4.78 is 48.8. The Balaban J connectivity index is 3.17. The zero-order valence-corrected chi connectivity index (χ0v) is 12.0. The first-order chi connectivity index (χ1) is 9.65. The summed E-state index contributed by atoms with van der Waals surface area (Å²) in [6.07, 6.45) is -7.77. The number of rotatable bonds is 6. The van der Waals surface area contributed by atoms with Crippen molar-refractivity contribution in [2.24, 2.45) is 0 Å². The monoisotopic (exact) mass is 326 g/mol. The van der Waals surface area contributed by atoms with Crippen LogP contribution in [-0.2, 0) is 19.9 Å². The molecule has 1 aromatic carbocycles. The Bertz CT molecular complexity index is 485. The molecule has 1 atom stereocenters. The predicted molar refractivity (Wildman–Crippen MR) is 68.8 cm³/mol. The molecule has 0 aromatic heterocycles. The van der Waals surface area contributed by atoms with E-state index in [-0.39, 0.29) is 5.02 Å². The average molecular weight is 327 g/mol. The van der Waals surface area contributed by atoms with Gasteiger partial charge in [-0.3, -0.25) is 4.79 Å². The number of benzene rings is 1. The first kappa shape index (κ1) is 17.9. The van der Waals surface area contributed by atoms with Crippen molar-refractivity contribution in [2.45, 2.75) is 24.5 Å². The van der Waals surface area contributed by atoms with Crippen molar-refractivity contribution in [3.8, 4) is 0 Å². The van der Waals surface area contributed by atoms with Gasteiger partial charge in [0.1, 0.15) is 0 Å². The van der Waals surface area contributed by atoms with Crippen LogP contribution in [0, 0.1) is 0 Å². The third kappa shape index (κ3) is 3.94. The van der Waals surface area contributed by atoms with E-state index in [1.165, 1.54) is 12.1 Å². The molecule has 0 amide bonds. The molecule has 0 saturated carbocycles.